The minimum atomic E-state index is -1.38. The van der Waals surface area contributed by atoms with E-state index in [2.05, 4.69) is 10.0 Å². The molecule has 0 saturated carbocycles. The predicted octanol–water partition coefficient (Wildman–Crippen LogP) is 6.01. The molecule has 0 bridgehead atoms. The fraction of sp³-hybridized carbons (Fsp3) is 0.167. The Hall–Kier alpha value is -3.87. The van der Waals surface area contributed by atoms with Gasteiger partial charge in [0.15, 0.2) is 0 Å². The molecule has 3 aromatic rings. The van der Waals surface area contributed by atoms with Gasteiger partial charge in [-0.1, -0.05) is 71.3 Å². The van der Waals surface area contributed by atoms with Crippen LogP contribution < -0.4 is 0 Å². The van der Waals surface area contributed by atoms with Gasteiger partial charge in [0.05, 0.1) is 0 Å². The Balaban J connectivity index is 1.81. The summed E-state index contributed by atoms with van der Waals surface area (Å²) in [5.41, 5.74) is 11.0. The number of benzene rings is 3. The standard InChI is InChI=1S/C24H18ClFN4O3/c25-18-11-9-16(10-12-18)21(17-7-4-8-19(26)13-17)22(28-29-27)23(31)30-20(14-33-24(30)32)15-5-2-1-3-6-15/h1-13,20-22H,14H2/t20-,21+,22+/m1/s1. The minimum Gasteiger partial charge on any atom is -0.446 e. The molecule has 1 heterocycles. The molecule has 2 amide bonds. The molecule has 1 saturated heterocycles. The monoisotopic (exact) mass is 464 g/mol. The lowest BCUT2D eigenvalue weighted by molar-refractivity contribution is -0.130. The van der Waals surface area contributed by atoms with Crippen molar-refractivity contribution >= 4 is 23.6 Å². The third kappa shape index (κ3) is 4.67. The summed E-state index contributed by atoms with van der Waals surface area (Å²) in [7, 11) is 0. The summed E-state index contributed by atoms with van der Waals surface area (Å²) < 4.78 is 19.3. The van der Waals surface area contributed by atoms with Crippen LogP contribution in [0.1, 0.15) is 28.7 Å². The zero-order valence-electron chi connectivity index (χ0n) is 17.2. The van der Waals surface area contributed by atoms with Gasteiger partial charge in [0, 0.05) is 15.9 Å². The highest BCUT2D eigenvalue weighted by Crippen LogP contribution is 2.36. The summed E-state index contributed by atoms with van der Waals surface area (Å²) in [6.45, 7) is -0.0247. The quantitative estimate of drug-likeness (QED) is 0.254. The third-order valence-corrected chi connectivity index (χ3v) is 5.73. The maximum absolute atomic E-state index is 14.1. The molecule has 0 aromatic heterocycles. The molecule has 0 radical (unpaired) electrons. The van der Waals surface area contributed by atoms with E-state index in [1.54, 1.807) is 54.6 Å². The van der Waals surface area contributed by atoms with Crippen LogP contribution in [0, 0.1) is 5.82 Å². The normalized spacial score (nSPS) is 17.1. The Morgan fingerprint density at radius 3 is 2.48 bits per heavy atom. The van der Waals surface area contributed by atoms with Gasteiger partial charge in [0.2, 0.25) is 5.91 Å². The molecule has 4 rings (SSSR count). The van der Waals surface area contributed by atoms with Crippen LogP contribution in [0.4, 0.5) is 9.18 Å². The first-order valence-electron chi connectivity index (χ1n) is 10.1. The highest BCUT2D eigenvalue weighted by molar-refractivity contribution is 6.30. The van der Waals surface area contributed by atoms with Crippen molar-refractivity contribution in [2.24, 2.45) is 5.11 Å². The number of carbonyl (C=O) groups excluding carboxylic acids is 2. The zero-order valence-corrected chi connectivity index (χ0v) is 18.0. The molecule has 0 aliphatic carbocycles. The van der Waals surface area contributed by atoms with Crippen LogP contribution in [0.3, 0.4) is 0 Å². The molecular formula is C24H18ClFN4O3. The first kappa shape index (κ1) is 22.3. The van der Waals surface area contributed by atoms with E-state index in [0.29, 0.717) is 21.7 Å². The van der Waals surface area contributed by atoms with Crippen LogP contribution in [-0.4, -0.2) is 29.5 Å². The van der Waals surface area contributed by atoms with Crippen LogP contribution in [0.25, 0.3) is 10.4 Å². The van der Waals surface area contributed by atoms with Gasteiger partial charge in [0.25, 0.3) is 0 Å². The molecule has 3 aromatic carbocycles. The smallest absolute Gasteiger partial charge is 0.417 e. The van der Waals surface area contributed by atoms with Gasteiger partial charge in [0.1, 0.15) is 24.5 Å². The van der Waals surface area contributed by atoms with Crippen molar-refractivity contribution in [1.82, 2.24) is 4.90 Å². The van der Waals surface area contributed by atoms with Gasteiger partial charge in [-0.2, -0.15) is 0 Å². The first-order valence-corrected chi connectivity index (χ1v) is 10.5. The average molecular weight is 465 g/mol. The van der Waals surface area contributed by atoms with Gasteiger partial charge in [-0.15, -0.1) is 0 Å². The topological polar surface area (TPSA) is 95.4 Å². The number of carbonyl (C=O) groups is 2. The van der Waals surface area contributed by atoms with Crippen LogP contribution in [0.2, 0.25) is 5.02 Å². The van der Waals surface area contributed by atoms with Crippen molar-refractivity contribution in [3.63, 3.8) is 0 Å². The van der Waals surface area contributed by atoms with Gasteiger partial charge in [-0.3, -0.25) is 4.79 Å². The lowest BCUT2D eigenvalue weighted by Gasteiger charge is -2.28. The Kier molecular flexibility index (Phi) is 6.58. The average Bonchev–Trinajstić information content (AvgIpc) is 3.21. The van der Waals surface area contributed by atoms with Crippen molar-refractivity contribution in [2.75, 3.05) is 6.61 Å². The van der Waals surface area contributed by atoms with Gasteiger partial charge in [-0.05, 0) is 46.5 Å². The summed E-state index contributed by atoms with van der Waals surface area (Å²) in [5, 5.41) is 4.23. The number of azide groups is 1. The number of rotatable bonds is 6. The third-order valence-electron chi connectivity index (χ3n) is 5.48. The van der Waals surface area contributed by atoms with Gasteiger partial charge in [-0.25, -0.2) is 14.1 Å². The van der Waals surface area contributed by atoms with Crippen LogP contribution in [-0.2, 0) is 9.53 Å². The molecule has 166 valence electrons. The van der Waals surface area contributed by atoms with Crippen LogP contribution in [0.15, 0.2) is 84.0 Å². The Labute approximate surface area is 194 Å². The number of cyclic esters (lactones) is 1. The van der Waals surface area contributed by atoms with E-state index in [9.17, 15) is 19.5 Å². The number of halogens is 2. The van der Waals surface area contributed by atoms with E-state index in [4.69, 9.17) is 16.3 Å². The van der Waals surface area contributed by atoms with Crippen molar-refractivity contribution in [1.29, 1.82) is 0 Å². The lowest BCUT2D eigenvalue weighted by atomic mass is 9.84. The maximum atomic E-state index is 14.1. The Morgan fingerprint density at radius 1 is 1.09 bits per heavy atom. The summed E-state index contributed by atoms with van der Waals surface area (Å²) in [6.07, 6.45) is -0.832. The molecule has 7 nitrogen and oxygen atoms in total. The molecular weight excluding hydrogens is 447 g/mol. The molecule has 9 heteroatoms. The Bertz CT molecular complexity index is 1220. The molecule has 33 heavy (non-hydrogen) atoms. The van der Waals surface area contributed by atoms with Crippen molar-refractivity contribution in [3.05, 3.63) is 117 Å². The van der Waals surface area contributed by atoms with Crippen LogP contribution >= 0.6 is 11.6 Å². The van der Waals surface area contributed by atoms with E-state index in [1.165, 1.54) is 18.2 Å². The fourth-order valence-electron chi connectivity index (χ4n) is 3.97. The molecule has 3 atom stereocenters. The number of imide groups is 1. The fourth-order valence-corrected chi connectivity index (χ4v) is 4.10. The summed E-state index contributed by atoms with van der Waals surface area (Å²) in [5.74, 6) is -2.12. The lowest BCUT2D eigenvalue weighted by Crippen LogP contribution is -2.43. The SMILES string of the molecule is [N-]=[N+]=N[C@H](C(=O)N1C(=O)OC[C@@H]1c1ccccc1)[C@@H](c1ccc(Cl)cc1)c1cccc(F)c1. The predicted molar refractivity (Wildman–Crippen MR) is 120 cm³/mol. The van der Waals surface area contributed by atoms with Crippen molar-refractivity contribution < 1.29 is 18.7 Å². The molecule has 0 N–H and O–H groups in total. The van der Waals surface area contributed by atoms with E-state index in [0.717, 1.165) is 4.90 Å². The number of amides is 2. The summed E-state index contributed by atoms with van der Waals surface area (Å²) >= 11 is 6.02. The number of nitrogens with zero attached hydrogens (tertiary/aromatic N) is 4. The van der Waals surface area contributed by atoms with E-state index >= 15 is 0 Å². The number of hydrogen-bond donors (Lipinski definition) is 0. The molecule has 0 spiro atoms. The molecule has 0 unspecified atom stereocenters. The second-order valence-electron chi connectivity index (χ2n) is 7.45. The number of ether oxygens (including phenoxy) is 1. The zero-order chi connectivity index (χ0) is 23.4. The maximum Gasteiger partial charge on any atom is 0.417 e. The molecule has 1 fully saturated rings. The highest BCUT2D eigenvalue weighted by atomic mass is 35.5. The van der Waals surface area contributed by atoms with E-state index < -0.39 is 35.8 Å². The first-order chi connectivity index (χ1) is 16.0. The second kappa shape index (κ2) is 9.73. The Morgan fingerprint density at radius 2 is 1.82 bits per heavy atom. The van der Waals surface area contributed by atoms with Crippen molar-refractivity contribution in [2.45, 2.75) is 18.0 Å². The van der Waals surface area contributed by atoms with Gasteiger partial charge >= 0.3 is 6.09 Å². The molecule has 1 aliphatic rings. The van der Waals surface area contributed by atoms with Gasteiger partial charge < -0.3 is 4.74 Å². The summed E-state index contributed by atoms with van der Waals surface area (Å²) in [6, 6.07) is 19.1. The minimum absolute atomic E-state index is 0.0247. The van der Waals surface area contributed by atoms with Crippen LogP contribution in [0.5, 0.6) is 0 Å². The van der Waals surface area contributed by atoms with E-state index in [-0.39, 0.29) is 6.61 Å². The van der Waals surface area contributed by atoms with E-state index in [1.807, 2.05) is 6.07 Å². The summed E-state index contributed by atoms with van der Waals surface area (Å²) in [4.78, 5) is 30.1. The second-order valence-corrected chi connectivity index (χ2v) is 7.88. The molecule has 1 aliphatic heterocycles. The highest BCUT2D eigenvalue weighted by Gasteiger charge is 2.44. The largest absolute Gasteiger partial charge is 0.446 e. The number of hydrogen-bond acceptors (Lipinski definition) is 4. The van der Waals surface area contributed by atoms with Crippen molar-refractivity contribution in [3.8, 4) is 0 Å².